The van der Waals surface area contributed by atoms with Gasteiger partial charge in [0.15, 0.2) is 45.6 Å². The van der Waals surface area contributed by atoms with Crippen LogP contribution in [0.15, 0.2) is 357 Å². The Bertz CT molecular complexity index is 7150. The predicted molar refractivity (Wildman–Crippen MR) is 458 cm³/mol. The van der Waals surface area contributed by atoms with Crippen LogP contribution in [0, 0.1) is 23.3 Å². The van der Waals surface area contributed by atoms with Crippen molar-refractivity contribution in [3.05, 3.63) is 374 Å². The third-order valence-corrected chi connectivity index (χ3v) is 22.6. The van der Waals surface area contributed by atoms with Crippen LogP contribution in [0.25, 0.3) is 211 Å². The number of halogens is 4. The van der Waals surface area contributed by atoms with Gasteiger partial charge in [-0.25, -0.2) is 37.5 Å². The number of rotatable bonds is 8. The van der Waals surface area contributed by atoms with Gasteiger partial charge in [0.1, 0.15) is 33.2 Å². The van der Waals surface area contributed by atoms with Gasteiger partial charge in [-0.05, 0) is 126 Å². The largest absolute Gasteiger partial charge is 1.00 e. The third-order valence-electron chi connectivity index (χ3n) is 22.6. The summed E-state index contributed by atoms with van der Waals surface area (Å²) < 4.78 is 93.9. The molecule has 0 fully saturated rings. The molecule has 0 aliphatic heterocycles. The van der Waals surface area contributed by atoms with E-state index in [4.69, 9.17) is 27.6 Å². The van der Waals surface area contributed by atoms with Gasteiger partial charge in [-0.2, -0.15) is 0 Å². The van der Waals surface area contributed by atoms with Crippen LogP contribution in [0.4, 0.5) is 17.6 Å². The van der Waals surface area contributed by atoms with Crippen LogP contribution in [-0.4, -0.2) is 38.2 Å². The quantitative estimate of drug-likeness (QED) is 0.0837. The van der Waals surface area contributed by atoms with E-state index in [2.05, 4.69) is 271 Å². The molecule has 1 aliphatic rings. The van der Waals surface area contributed by atoms with Crippen molar-refractivity contribution in [2.75, 3.05) is 0 Å². The molecule has 0 atom stereocenters. The number of aromatic nitrogens is 8. The monoisotopic (exact) mass is 1550 g/mol. The second-order valence-corrected chi connectivity index (χ2v) is 29.1. The number of para-hydroxylation sites is 16. The minimum atomic E-state index is -1.65. The molecule has 12 nitrogen and oxygen atoms in total. The first kappa shape index (κ1) is 70.0. The number of fused-ring (bicyclic) bond motifs is 19. The van der Waals surface area contributed by atoms with Gasteiger partial charge in [0, 0.05) is 43.1 Å². The Labute approximate surface area is 691 Å². The molecule has 0 radical (unpaired) electrons. The van der Waals surface area contributed by atoms with Gasteiger partial charge >= 0.3 is 29.6 Å². The topological polar surface area (TPSA) is 124 Å². The molecule has 0 saturated heterocycles. The van der Waals surface area contributed by atoms with Gasteiger partial charge in [-0.1, -0.05) is 243 Å². The molecular formula is C101H59F4N8NaO4. The summed E-state index contributed by atoms with van der Waals surface area (Å²) in [6.07, 6.45) is 1.10. The fourth-order valence-electron chi connectivity index (χ4n) is 17.6. The normalized spacial score (nSPS) is 12.0. The fraction of sp³-hybridized carbons (Fsp3) is 0.00990. The average molecular weight is 1550 g/mol. The molecule has 0 spiro atoms. The molecule has 0 bridgehead atoms. The maximum absolute atomic E-state index is 14.7. The maximum Gasteiger partial charge on any atom is 1.00 e. The Morgan fingerprint density at radius 2 is 0.407 bits per heavy atom. The summed E-state index contributed by atoms with van der Waals surface area (Å²) in [4.78, 5) is 19.1. The molecule has 17 heteroatoms. The van der Waals surface area contributed by atoms with E-state index in [1.54, 1.807) is 24.3 Å². The zero-order valence-corrected chi connectivity index (χ0v) is 64.8. The molecule has 556 valence electrons. The van der Waals surface area contributed by atoms with Gasteiger partial charge in [0.05, 0.1) is 78.0 Å². The summed E-state index contributed by atoms with van der Waals surface area (Å²) in [6, 6.07) is 116. The summed E-state index contributed by atoms with van der Waals surface area (Å²) in [5, 5.41) is 8.91. The Hall–Kier alpha value is -14.7. The van der Waals surface area contributed by atoms with E-state index < -0.39 is 46.2 Å². The van der Waals surface area contributed by atoms with E-state index in [1.165, 1.54) is 46.5 Å². The van der Waals surface area contributed by atoms with Gasteiger partial charge in [0.25, 0.3) is 0 Å². The Kier molecular flexibility index (Phi) is 16.5. The molecule has 8 aromatic heterocycles. The SMILES string of the molecule is Fc1c(F)c(-c2nc3ccccc3o2)c(F)c(F)c1-c1nc2ccccc2o1.[H-].[Na+].c1ccc2c(c1)Cc1ccccc1-2.c1ccc2oc(-c3c(-n4c5ccccc5c5ccccc54)c(-n4c5ccccc5c5ccccc54)c(-c4nc5ccccc5o4)c(-n4c5ccccc5c5ccccc54)c3-n3c4ccccc4c4ccccc43)nc2c1. The van der Waals surface area contributed by atoms with E-state index in [0.29, 0.717) is 34.0 Å². The van der Waals surface area contributed by atoms with Gasteiger partial charge in [0.2, 0.25) is 23.6 Å². The molecular weight excluding hydrogens is 1490 g/mol. The van der Waals surface area contributed by atoms with E-state index in [9.17, 15) is 17.6 Å². The number of benzene rings is 16. The Morgan fingerprint density at radius 3 is 0.636 bits per heavy atom. The second-order valence-electron chi connectivity index (χ2n) is 29.1. The first-order valence-corrected chi connectivity index (χ1v) is 38.4. The van der Waals surface area contributed by atoms with Crippen molar-refractivity contribution in [3.8, 4) is 79.7 Å². The smallest absolute Gasteiger partial charge is 1.00 e. The number of hydrogen-bond acceptors (Lipinski definition) is 8. The van der Waals surface area contributed by atoms with Crippen LogP contribution in [0.2, 0.25) is 0 Å². The molecule has 1 aliphatic carbocycles. The Balaban J connectivity index is 0.000000166. The van der Waals surface area contributed by atoms with E-state index in [0.717, 1.165) is 139 Å². The van der Waals surface area contributed by atoms with Crippen molar-refractivity contribution < 1.29 is 66.2 Å². The summed E-state index contributed by atoms with van der Waals surface area (Å²) in [7, 11) is 0. The van der Waals surface area contributed by atoms with Crippen LogP contribution >= 0.6 is 0 Å². The molecule has 118 heavy (non-hydrogen) atoms. The van der Waals surface area contributed by atoms with E-state index in [-0.39, 0.29) is 42.1 Å². The molecule has 0 saturated carbocycles. The van der Waals surface area contributed by atoms with Crippen LogP contribution in [0.3, 0.4) is 0 Å². The van der Waals surface area contributed by atoms with Crippen LogP contribution < -0.4 is 29.6 Å². The summed E-state index contributed by atoms with van der Waals surface area (Å²) >= 11 is 0. The van der Waals surface area contributed by atoms with Crippen LogP contribution in [0.5, 0.6) is 0 Å². The molecule has 8 heterocycles. The maximum atomic E-state index is 14.7. The molecule has 24 aromatic rings. The first-order valence-electron chi connectivity index (χ1n) is 38.4. The number of hydrogen-bond donors (Lipinski definition) is 0. The standard InChI is InChI=1S/C68H40N6O2.C20H8F4N2O2.C13H10.Na.H/c1-11-31-51-41(21-1)42-22-2-12-32-52(42)71(51)63-61(67-69-49-29-9-19-39-59(49)75-67)65(73-55-35-15-5-25-45(55)46-26-6-16-36-56(46)73)66(74-57-37-17-7-27-47(57)48-28-8-18-38-58(48)74)62(68-70-50-30-10-20-40-60(50)76-68)64(63)72-53-33-13-3-23-43(53)44-24-4-14-34-54(44)72;21-15-13(19-25-9-5-1-3-7-11(9)27-19)16(22)18(24)14(17(15)23)20-26-10-6-2-4-8-12(10)28-20;1-3-7-12-10(5-1)9-11-6-2-4-8-13(11)12;;/h1-40H;1-8H;1-8H,9H2;;/q;;;+1;-1. The minimum absolute atomic E-state index is 0. The van der Waals surface area contributed by atoms with Crippen LogP contribution in [-0.2, 0) is 6.42 Å². The number of oxazole rings is 4. The van der Waals surface area contributed by atoms with Crippen molar-refractivity contribution in [1.29, 1.82) is 0 Å². The zero-order valence-electron chi connectivity index (χ0n) is 63.8. The molecule has 16 aromatic carbocycles. The fourth-order valence-corrected chi connectivity index (χ4v) is 17.6. The van der Waals surface area contributed by atoms with Crippen molar-refractivity contribution >= 4 is 132 Å². The molecule has 0 amide bonds. The molecule has 25 rings (SSSR count). The summed E-state index contributed by atoms with van der Waals surface area (Å²) in [5.41, 5.74) is 20.6. The number of nitrogens with zero attached hydrogens (tertiary/aromatic N) is 8. The average Bonchev–Trinajstić information content (AvgIpc) is 1.49. The summed E-state index contributed by atoms with van der Waals surface area (Å²) in [5.74, 6) is -6.82. The third kappa shape index (κ3) is 10.8. The summed E-state index contributed by atoms with van der Waals surface area (Å²) in [6.45, 7) is 0. The minimum Gasteiger partial charge on any atom is -1.00 e. The van der Waals surface area contributed by atoms with Gasteiger partial charge in [-0.15, -0.1) is 0 Å². The van der Waals surface area contributed by atoms with Crippen LogP contribution in [0.1, 0.15) is 12.6 Å². The van der Waals surface area contributed by atoms with Crippen molar-refractivity contribution in [2.24, 2.45) is 0 Å². The van der Waals surface area contributed by atoms with Crippen molar-refractivity contribution in [1.82, 2.24) is 38.2 Å². The molecule has 0 N–H and O–H groups in total. The van der Waals surface area contributed by atoms with E-state index >= 15 is 0 Å². The van der Waals surface area contributed by atoms with Gasteiger partial charge < -0.3 is 37.4 Å². The van der Waals surface area contributed by atoms with Crippen molar-refractivity contribution in [3.63, 3.8) is 0 Å². The van der Waals surface area contributed by atoms with Gasteiger partial charge in [-0.3, -0.25) is 0 Å². The molecule has 0 unspecified atom stereocenters. The zero-order chi connectivity index (χ0) is 77.7. The van der Waals surface area contributed by atoms with Crippen molar-refractivity contribution in [2.45, 2.75) is 6.42 Å². The Morgan fingerprint density at radius 1 is 0.220 bits per heavy atom. The predicted octanol–water partition coefficient (Wildman–Crippen LogP) is 23.9. The first-order chi connectivity index (χ1) is 57.8. The van der Waals surface area contributed by atoms with E-state index in [1.807, 2.05) is 48.5 Å². The second kappa shape index (κ2) is 27.8.